The summed E-state index contributed by atoms with van der Waals surface area (Å²) in [6.45, 7) is 3.77. The number of nitrogens with zero attached hydrogens (tertiary/aromatic N) is 4. The number of aromatic nitrogens is 2. The van der Waals surface area contributed by atoms with Crippen molar-refractivity contribution < 1.29 is 9.18 Å². The van der Waals surface area contributed by atoms with Crippen LogP contribution < -0.4 is 10.6 Å². The molecule has 2 N–H and O–H groups in total. The van der Waals surface area contributed by atoms with Crippen molar-refractivity contribution in [3.63, 3.8) is 0 Å². The number of carbonyl (C=O) groups excluding carboxylic acids is 1. The molecule has 1 aliphatic rings. The first kappa shape index (κ1) is 22.1. The molecule has 0 saturated carbocycles. The molecule has 1 unspecified atom stereocenters. The lowest BCUT2D eigenvalue weighted by molar-refractivity contribution is -0.129. The zero-order chi connectivity index (χ0) is 19.2. The smallest absolute Gasteiger partial charge is 0.222 e. The van der Waals surface area contributed by atoms with Crippen molar-refractivity contribution in [1.82, 2.24) is 25.1 Å². The molecule has 1 amide bonds. The topological polar surface area (TPSA) is 74.6 Å². The van der Waals surface area contributed by atoms with E-state index in [4.69, 9.17) is 0 Å². The molecular weight excluding hydrogens is 474 g/mol. The fourth-order valence-corrected chi connectivity index (χ4v) is 3.17. The summed E-state index contributed by atoms with van der Waals surface area (Å²) in [5.41, 5.74) is 1.28. The molecule has 1 fully saturated rings. The number of aliphatic imine (C=N–C) groups is 1. The molecule has 0 radical (unpaired) electrons. The van der Waals surface area contributed by atoms with Gasteiger partial charge >= 0.3 is 0 Å². The third kappa shape index (κ3) is 5.43. The number of rotatable bonds is 5. The summed E-state index contributed by atoms with van der Waals surface area (Å²) in [4.78, 5) is 21.8. The van der Waals surface area contributed by atoms with E-state index >= 15 is 0 Å². The summed E-state index contributed by atoms with van der Waals surface area (Å²) in [7, 11) is 1.70. The Morgan fingerprint density at radius 2 is 2.25 bits per heavy atom. The normalized spacial score (nSPS) is 16.6. The molecule has 3 rings (SSSR count). The monoisotopic (exact) mass is 500 g/mol. The maximum Gasteiger partial charge on any atom is 0.222 e. The molecule has 0 aliphatic carbocycles. The maximum absolute atomic E-state index is 14.3. The molecule has 1 aliphatic heterocycles. The number of amides is 1. The second-order valence-electron chi connectivity index (χ2n) is 6.50. The van der Waals surface area contributed by atoms with Gasteiger partial charge < -0.3 is 20.1 Å². The van der Waals surface area contributed by atoms with Crippen LogP contribution in [0.2, 0.25) is 0 Å². The minimum Gasteiger partial charge on any atom is -0.352 e. The van der Waals surface area contributed by atoms with Gasteiger partial charge in [0.25, 0.3) is 0 Å². The molecule has 9 heteroatoms. The van der Waals surface area contributed by atoms with Gasteiger partial charge in [-0.1, -0.05) is 13.0 Å². The number of hydrogen-bond donors (Lipinski definition) is 2. The number of nitrogens with one attached hydrogen (secondary N) is 2. The van der Waals surface area contributed by atoms with Crippen LogP contribution in [0.3, 0.4) is 0 Å². The molecule has 152 valence electrons. The van der Waals surface area contributed by atoms with Crippen molar-refractivity contribution in [2.75, 3.05) is 20.1 Å². The maximum atomic E-state index is 14.3. The minimum atomic E-state index is -0.306. The predicted molar refractivity (Wildman–Crippen MR) is 118 cm³/mol. The van der Waals surface area contributed by atoms with E-state index in [-0.39, 0.29) is 41.7 Å². The van der Waals surface area contributed by atoms with E-state index in [1.807, 2.05) is 17.9 Å². The van der Waals surface area contributed by atoms with Gasteiger partial charge in [-0.05, 0) is 24.1 Å². The van der Waals surface area contributed by atoms with E-state index in [0.29, 0.717) is 31.2 Å². The van der Waals surface area contributed by atoms with Crippen molar-refractivity contribution in [2.45, 2.75) is 32.4 Å². The van der Waals surface area contributed by atoms with Gasteiger partial charge in [0.05, 0.1) is 12.0 Å². The molecule has 7 nitrogen and oxygen atoms in total. The Hall–Kier alpha value is -2.17. The predicted octanol–water partition coefficient (Wildman–Crippen LogP) is 2.31. The van der Waals surface area contributed by atoms with E-state index in [1.165, 1.54) is 6.07 Å². The lowest BCUT2D eigenvalue weighted by Gasteiger charge is -2.19. The van der Waals surface area contributed by atoms with E-state index in [2.05, 4.69) is 20.6 Å². The van der Waals surface area contributed by atoms with Crippen LogP contribution in [0.15, 0.2) is 41.9 Å². The average Bonchev–Trinajstić information content (AvgIpc) is 3.36. The molecule has 1 aromatic heterocycles. The van der Waals surface area contributed by atoms with E-state index in [9.17, 15) is 9.18 Å². The summed E-state index contributed by atoms with van der Waals surface area (Å²) in [5, 5.41) is 6.53. The van der Waals surface area contributed by atoms with E-state index < -0.39 is 0 Å². The van der Waals surface area contributed by atoms with Crippen LogP contribution in [0, 0.1) is 5.82 Å². The lowest BCUT2D eigenvalue weighted by Crippen LogP contribution is -2.44. The van der Waals surface area contributed by atoms with Crippen molar-refractivity contribution in [2.24, 2.45) is 4.99 Å². The number of carbonyl (C=O) groups is 1. The third-order valence-corrected chi connectivity index (χ3v) is 4.66. The van der Waals surface area contributed by atoms with Crippen molar-refractivity contribution in [3.05, 3.63) is 48.3 Å². The Labute approximate surface area is 181 Å². The highest BCUT2D eigenvalue weighted by Crippen LogP contribution is 2.15. The molecule has 0 spiro atoms. The second-order valence-corrected chi connectivity index (χ2v) is 6.50. The highest BCUT2D eigenvalue weighted by molar-refractivity contribution is 14.0. The van der Waals surface area contributed by atoms with Crippen LogP contribution in [-0.4, -0.2) is 52.5 Å². The van der Waals surface area contributed by atoms with Gasteiger partial charge in [-0.3, -0.25) is 9.79 Å². The van der Waals surface area contributed by atoms with Gasteiger partial charge in [0, 0.05) is 51.5 Å². The Bertz CT molecular complexity index is 811. The Morgan fingerprint density at radius 3 is 2.89 bits per heavy atom. The van der Waals surface area contributed by atoms with Crippen molar-refractivity contribution in [3.8, 4) is 5.69 Å². The van der Waals surface area contributed by atoms with Gasteiger partial charge in [-0.2, -0.15) is 0 Å². The summed E-state index contributed by atoms with van der Waals surface area (Å²) in [5.74, 6) is 0.514. The third-order valence-electron chi connectivity index (χ3n) is 4.66. The number of halogens is 2. The van der Waals surface area contributed by atoms with Crippen LogP contribution in [-0.2, 0) is 11.3 Å². The molecule has 0 bridgehead atoms. The van der Waals surface area contributed by atoms with Crippen LogP contribution in [0.1, 0.15) is 25.3 Å². The first-order valence-corrected chi connectivity index (χ1v) is 9.12. The van der Waals surface area contributed by atoms with Crippen molar-refractivity contribution >= 4 is 35.8 Å². The van der Waals surface area contributed by atoms with Gasteiger partial charge in [-0.15, -0.1) is 24.0 Å². The lowest BCUT2D eigenvalue weighted by atomic mass is 10.2. The number of likely N-dealkylation sites (tertiary alicyclic amines) is 1. The van der Waals surface area contributed by atoms with Gasteiger partial charge in [0.1, 0.15) is 5.82 Å². The van der Waals surface area contributed by atoms with E-state index in [1.54, 1.807) is 36.4 Å². The molecule has 28 heavy (non-hydrogen) atoms. The molecule has 2 aromatic rings. The number of guanidine groups is 1. The zero-order valence-corrected chi connectivity index (χ0v) is 18.4. The van der Waals surface area contributed by atoms with Crippen LogP contribution in [0.4, 0.5) is 4.39 Å². The summed E-state index contributed by atoms with van der Waals surface area (Å²) in [6, 6.07) is 5.28. The quantitative estimate of drug-likeness (QED) is 0.376. The number of benzene rings is 1. The molecular formula is C19H26FIN6O. The first-order valence-electron chi connectivity index (χ1n) is 9.12. The zero-order valence-electron chi connectivity index (χ0n) is 16.1. The SMILES string of the molecule is CCC(=O)N1CCC(NC(=NC)NCc2ccc(-n3ccnc3)c(F)c2)C1.I. The Kier molecular flexibility index (Phi) is 8.21. The molecule has 1 atom stereocenters. The summed E-state index contributed by atoms with van der Waals surface area (Å²) < 4.78 is 16.0. The first-order chi connectivity index (χ1) is 13.1. The van der Waals surface area contributed by atoms with Gasteiger partial charge in [0.15, 0.2) is 5.96 Å². The van der Waals surface area contributed by atoms with E-state index in [0.717, 1.165) is 18.5 Å². The standard InChI is InChI=1S/C19H25FN6O.HI/c1-3-18(27)25-8-6-15(12-25)24-19(21-2)23-11-14-4-5-17(16(20)10-14)26-9-7-22-13-26;/h4-5,7,9-10,13,15H,3,6,8,11-12H2,1-2H3,(H2,21,23,24);1H. The average molecular weight is 500 g/mol. The molecule has 1 aromatic carbocycles. The van der Waals surface area contributed by atoms with Crippen molar-refractivity contribution in [1.29, 1.82) is 0 Å². The Morgan fingerprint density at radius 1 is 1.43 bits per heavy atom. The summed E-state index contributed by atoms with van der Waals surface area (Å²) >= 11 is 0. The fraction of sp³-hybridized carbons (Fsp3) is 0.421. The fourth-order valence-electron chi connectivity index (χ4n) is 3.17. The largest absolute Gasteiger partial charge is 0.352 e. The summed E-state index contributed by atoms with van der Waals surface area (Å²) in [6.07, 6.45) is 6.30. The molecule has 1 saturated heterocycles. The van der Waals surface area contributed by atoms with Crippen LogP contribution >= 0.6 is 24.0 Å². The number of hydrogen-bond acceptors (Lipinski definition) is 3. The number of imidazole rings is 1. The highest BCUT2D eigenvalue weighted by Gasteiger charge is 2.25. The van der Waals surface area contributed by atoms with Crippen LogP contribution in [0.25, 0.3) is 5.69 Å². The van der Waals surface area contributed by atoms with Gasteiger partial charge in [-0.25, -0.2) is 9.37 Å². The highest BCUT2D eigenvalue weighted by atomic mass is 127. The van der Waals surface area contributed by atoms with Crippen LogP contribution in [0.5, 0.6) is 0 Å². The van der Waals surface area contributed by atoms with Gasteiger partial charge in [0.2, 0.25) is 5.91 Å². The molecule has 2 heterocycles. The second kappa shape index (κ2) is 10.4. The minimum absolute atomic E-state index is 0. The Balaban J connectivity index is 0.00000280.